The summed E-state index contributed by atoms with van der Waals surface area (Å²) in [7, 11) is 0. The minimum atomic E-state index is -0.311. The number of nitrogens with one attached hydrogen (secondary N) is 3. The molecule has 0 saturated heterocycles. The van der Waals surface area contributed by atoms with Gasteiger partial charge in [-0.2, -0.15) is 0 Å². The third-order valence-corrected chi connectivity index (χ3v) is 6.65. The van der Waals surface area contributed by atoms with Crippen molar-refractivity contribution in [3.8, 4) is 0 Å². The standard InChI is InChI=1S/C25H37N5O/c1-7-17(4)28-23(31)20-14-27-24(30-22(20)18-8-10-19(26)11-9-18)29-21-12-16(3)25(5,6)13-15(21)2/h8-11,14-15,17,21,24,29-30H,3,7,12-13,26H2,1-2,4-6H3,(H,28,31). The summed E-state index contributed by atoms with van der Waals surface area (Å²) < 4.78 is 0. The molecule has 1 aromatic carbocycles. The minimum Gasteiger partial charge on any atom is -0.399 e. The number of benzene rings is 1. The topological polar surface area (TPSA) is 91.5 Å². The van der Waals surface area contributed by atoms with Crippen molar-refractivity contribution in [3.05, 3.63) is 47.6 Å². The van der Waals surface area contributed by atoms with Gasteiger partial charge in [-0.25, -0.2) is 0 Å². The van der Waals surface area contributed by atoms with Crippen LogP contribution in [0.5, 0.6) is 0 Å². The summed E-state index contributed by atoms with van der Waals surface area (Å²) in [5, 5.41) is 10.1. The molecule has 3 rings (SSSR count). The molecular formula is C25H37N5O. The number of carbonyl (C=O) groups is 1. The van der Waals surface area contributed by atoms with Crippen LogP contribution in [0.25, 0.3) is 5.70 Å². The molecule has 6 nitrogen and oxygen atoms in total. The summed E-state index contributed by atoms with van der Waals surface area (Å²) in [6, 6.07) is 7.92. The van der Waals surface area contributed by atoms with E-state index < -0.39 is 0 Å². The Balaban J connectivity index is 1.82. The lowest BCUT2D eigenvalue weighted by Crippen LogP contribution is -2.52. The van der Waals surface area contributed by atoms with Gasteiger partial charge in [-0.1, -0.05) is 52.0 Å². The van der Waals surface area contributed by atoms with Gasteiger partial charge >= 0.3 is 0 Å². The number of hydrogen-bond donors (Lipinski definition) is 4. The number of nitrogen functional groups attached to an aromatic ring is 1. The SMILES string of the molecule is C=C1CC(NC2N=CC(C(=O)NC(C)CC)=C(c3ccc(N)cc3)N2)C(C)CC1(C)C. The van der Waals surface area contributed by atoms with Crippen molar-refractivity contribution >= 4 is 23.5 Å². The van der Waals surface area contributed by atoms with E-state index in [9.17, 15) is 4.79 Å². The van der Waals surface area contributed by atoms with Crippen LogP contribution in [0.15, 0.2) is 47.0 Å². The molecule has 0 aromatic heterocycles. The van der Waals surface area contributed by atoms with Crippen LogP contribution in [-0.2, 0) is 4.79 Å². The van der Waals surface area contributed by atoms with Gasteiger partial charge in [0.1, 0.15) is 0 Å². The van der Waals surface area contributed by atoms with Gasteiger partial charge in [0.2, 0.25) is 0 Å². The predicted molar refractivity (Wildman–Crippen MR) is 129 cm³/mol. The molecule has 6 heteroatoms. The van der Waals surface area contributed by atoms with Crippen LogP contribution in [0.2, 0.25) is 0 Å². The Morgan fingerprint density at radius 2 is 2.03 bits per heavy atom. The van der Waals surface area contributed by atoms with Crippen molar-refractivity contribution in [1.82, 2.24) is 16.0 Å². The van der Waals surface area contributed by atoms with Gasteiger partial charge < -0.3 is 16.4 Å². The number of carbonyl (C=O) groups excluding carboxylic acids is 1. The fourth-order valence-corrected chi connectivity index (χ4v) is 4.27. The summed E-state index contributed by atoms with van der Waals surface area (Å²) in [5.74, 6) is 0.369. The molecule has 2 aliphatic rings. The van der Waals surface area contributed by atoms with E-state index in [1.54, 1.807) is 6.21 Å². The maximum atomic E-state index is 12.9. The van der Waals surface area contributed by atoms with Crippen molar-refractivity contribution in [2.24, 2.45) is 16.3 Å². The smallest absolute Gasteiger partial charge is 0.255 e. The first kappa shape index (κ1) is 23.1. The zero-order valence-electron chi connectivity index (χ0n) is 19.5. The number of nitrogens with two attached hydrogens (primary N) is 1. The van der Waals surface area contributed by atoms with Crippen LogP contribution < -0.4 is 21.7 Å². The molecule has 168 valence electrons. The Hall–Kier alpha value is -2.60. The average Bonchev–Trinajstić information content (AvgIpc) is 2.72. The molecule has 1 saturated carbocycles. The van der Waals surface area contributed by atoms with Crippen LogP contribution in [0.4, 0.5) is 5.69 Å². The highest BCUT2D eigenvalue weighted by atomic mass is 16.1. The Labute approximate surface area is 186 Å². The van der Waals surface area contributed by atoms with E-state index in [0.29, 0.717) is 17.2 Å². The van der Waals surface area contributed by atoms with Crippen molar-refractivity contribution in [2.45, 2.75) is 72.3 Å². The van der Waals surface area contributed by atoms with Crippen molar-refractivity contribution in [1.29, 1.82) is 0 Å². The molecule has 4 atom stereocenters. The second-order valence-corrected chi connectivity index (χ2v) is 9.66. The zero-order chi connectivity index (χ0) is 22.8. The van der Waals surface area contributed by atoms with E-state index in [1.165, 1.54) is 5.57 Å². The van der Waals surface area contributed by atoms with Crippen LogP contribution >= 0.6 is 0 Å². The summed E-state index contributed by atoms with van der Waals surface area (Å²) in [6.45, 7) is 15.2. The van der Waals surface area contributed by atoms with Gasteiger partial charge in [0, 0.05) is 24.0 Å². The number of amides is 1. The summed E-state index contributed by atoms with van der Waals surface area (Å²) in [6.07, 6.45) is 4.25. The first-order chi connectivity index (χ1) is 14.6. The highest BCUT2D eigenvalue weighted by molar-refractivity contribution is 6.18. The number of nitrogens with zero attached hydrogens (tertiary/aromatic N) is 1. The van der Waals surface area contributed by atoms with E-state index in [2.05, 4.69) is 48.3 Å². The Morgan fingerprint density at radius 1 is 1.35 bits per heavy atom. The average molecular weight is 424 g/mol. The second-order valence-electron chi connectivity index (χ2n) is 9.66. The molecule has 4 unspecified atom stereocenters. The molecule has 1 fully saturated rings. The highest BCUT2D eigenvalue weighted by Crippen LogP contribution is 2.42. The van der Waals surface area contributed by atoms with Gasteiger partial charge in [-0.15, -0.1) is 0 Å². The molecule has 31 heavy (non-hydrogen) atoms. The lowest BCUT2D eigenvalue weighted by atomic mass is 9.68. The Bertz CT molecular complexity index is 884. The van der Waals surface area contributed by atoms with Crippen LogP contribution in [0.1, 0.15) is 59.4 Å². The molecule has 0 radical (unpaired) electrons. The number of hydrogen-bond acceptors (Lipinski definition) is 5. The fraction of sp³-hybridized carbons (Fsp3) is 0.520. The number of anilines is 1. The van der Waals surface area contributed by atoms with Crippen LogP contribution in [-0.4, -0.2) is 30.5 Å². The predicted octanol–water partition coefficient (Wildman–Crippen LogP) is 3.82. The first-order valence-electron chi connectivity index (χ1n) is 11.3. The van der Waals surface area contributed by atoms with Gasteiger partial charge in [-0.3, -0.25) is 15.1 Å². The molecule has 1 heterocycles. The molecule has 1 aliphatic carbocycles. The van der Waals surface area contributed by atoms with E-state index in [1.807, 2.05) is 38.1 Å². The van der Waals surface area contributed by atoms with Crippen LogP contribution in [0, 0.1) is 11.3 Å². The summed E-state index contributed by atoms with van der Waals surface area (Å²) in [5.41, 5.74) is 10.2. The second kappa shape index (κ2) is 9.27. The van der Waals surface area contributed by atoms with Gasteiger partial charge in [0.15, 0.2) is 6.29 Å². The van der Waals surface area contributed by atoms with Crippen molar-refractivity contribution in [2.75, 3.05) is 5.73 Å². The Morgan fingerprint density at radius 3 is 2.68 bits per heavy atom. The fourth-order valence-electron chi connectivity index (χ4n) is 4.27. The molecule has 1 aromatic rings. The zero-order valence-corrected chi connectivity index (χ0v) is 19.5. The quantitative estimate of drug-likeness (QED) is 0.413. The van der Waals surface area contributed by atoms with E-state index >= 15 is 0 Å². The Kier molecular flexibility index (Phi) is 6.90. The number of rotatable bonds is 6. The van der Waals surface area contributed by atoms with Crippen LogP contribution in [0.3, 0.4) is 0 Å². The molecule has 1 aliphatic heterocycles. The van der Waals surface area contributed by atoms with E-state index in [0.717, 1.165) is 30.5 Å². The normalized spacial score (nSPS) is 26.4. The third kappa shape index (κ3) is 5.37. The van der Waals surface area contributed by atoms with E-state index in [4.69, 9.17) is 5.73 Å². The maximum absolute atomic E-state index is 12.9. The minimum absolute atomic E-state index is 0.0920. The lowest BCUT2D eigenvalue weighted by molar-refractivity contribution is -0.117. The molecule has 1 amide bonds. The lowest BCUT2D eigenvalue weighted by Gasteiger charge is -2.42. The van der Waals surface area contributed by atoms with Crippen molar-refractivity contribution < 1.29 is 4.79 Å². The van der Waals surface area contributed by atoms with E-state index in [-0.39, 0.29) is 29.7 Å². The van der Waals surface area contributed by atoms with Gasteiger partial charge in [0.25, 0.3) is 5.91 Å². The highest BCUT2D eigenvalue weighted by Gasteiger charge is 2.36. The molecule has 0 bridgehead atoms. The largest absolute Gasteiger partial charge is 0.399 e. The maximum Gasteiger partial charge on any atom is 0.255 e. The molecular weight excluding hydrogens is 386 g/mol. The molecule has 5 N–H and O–H groups in total. The number of aliphatic imine (C=N–C) groups is 1. The van der Waals surface area contributed by atoms with Gasteiger partial charge in [-0.05, 0) is 55.2 Å². The molecule has 0 spiro atoms. The van der Waals surface area contributed by atoms with Gasteiger partial charge in [0.05, 0.1) is 11.3 Å². The summed E-state index contributed by atoms with van der Waals surface area (Å²) in [4.78, 5) is 17.6. The summed E-state index contributed by atoms with van der Waals surface area (Å²) >= 11 is 0. The third-order valence-electron chi connectivity index (χ3n) is 6.65. The van der Waals surface area contributed by atoms with Crippen molar-refractivity contribution in [3.63, 3.8) is 0 Å². The monoisotopic (exact) mass is 423 g/mol. The first-order valence-corrected chi connectivity index (χ1v) is 11.3.